The van der Waals surface area contributed by atoms with Crippen molar-refractivity contribution in [1.82, 2.24) is 9.55 Å². The first-order valence-corrected chi connectivity index (χ1v) is 4.32. The number of aromatic nitrogens is 2. The van der Waals surface area contributed by atoms with Crippen LogP contribution in [0.1, 0.15) is 13.8 Å². The van der Waals surface area contributed by atoms with Crippen LogP contribution >= 0.6 is 0 Å². The van der Waals surface area contributed by atoms with E-state index in [1.807, 2.05) is 0 Å². The molecule has 0 amide bonds. The van der Waals surface area contributed by atoms with Gasteiger partial charge in [0.2, 0.25) is 0 Å². The topological polar surface area (TPSA) is 70.1 Å². The van der Waals surface area contributed by atoms with Gasteiger partial charge < -0.3 is 15.0 Å². The normalized spacial score (nSPS) is 11.4. The van der Waals surface area contributed by atoms with Crippen molar-refractivity contribution < 1.29 is 9.53 Å². The van der Waals surface area contributed by atoms with E-state index in [2.05, 4.69) is 4.98 Å². The average molecular weight is 197 g/mol. The van der Waals surface area contributed by atoms with E-state index in [1.54, 1.807) is 30.8 Å². The largest absolute Gasteiger partial charge is 0.469 e. The summed E-state index contributed by atoms with van der Waals surface area (Å²) in [4.78, 5) is 15.2. The molecule has 0 atom stereocenters. The van der Waals surface area contributed by atoms with Crippen LogP contribution in [0.4, 0.5) is 5.95 Å². The fourth-order valence-corrected chi connectivity index (χ4v) is 1.24. The number of nitrogen functional groups attached to an aromatic ring is 1. The molecule has 1 heterocycles. The Labute approximate surface area is 82.9 Å². The zero-order chi connectivity index (χ0) is 10.8. The molecule has 0 aliphatic rings. The highest BCUT2D eigenvalue weighted by Crippen LogP contribution is 2.20. The number of imidazole rings is 1. The van der Waals surface area contributed by atoms with Gasteiger partial charge in [0.25, 0.3) is 0 Å². The number of methoxy groups -OCH3 is 1. The average Bonchev–Trinajstić information content (AvgIpc) is 2.50. The second-order valence-corrected chi connectivity index (χ2v) is 3.79. The molecule has 0 unspecified atom stereocenters. The van der Waals surface area contributed by atoms with Crippen LogP contribution in [-0.4, -0.2) is 22.6 Å². The van der Waals surface area contributed by atoms with Crippen LogP contribution in [0.3, 0.4) is 0 Å². The van der Waals surface area contributed by atoms with Crippen molar-refractivity contribution in [2.45, 2.75) is 20.4 Å². The van der Waals surface area contributed by atoms with E-state index in [0.717, 1.165) is 0 Å². The molecule has 1 aromatic heterocycles. The molecule has 0 bridgehead atoms. The summed E-state index contributed by atoms with van der Waals surface area (Å²) < 4.78 is 6.41. The number of nitrogens with two attached hydrogens (primary N) is 1. The molecule has 78 valence electrons. The third-order valence-corrected chi connectivity index (χ3v) is 2.05. The first-order valence-electron chi connectivity index (χ1n) is 4.32. The zero-order valence-electron chi connectivity index (χ0n) is 8.65. The number of rotatable bonds is 3. The van der Waals surface area contributed by atoms with Crippen LogP contribution < -0.4 is 5.73 Å². The van der Waals surface area contributed by atoms with Crippen LogP contribution in [0.2, 0.25) is 0 Å². The van der Waals surface area contributed by atoms with E-state index < -0.39 is 5.41 Å². The first kappa shape index (κ1) is 10.6. The van der Waals surface area contributed by atoms with Gasteiger partial charge >= 0.3 is 5.97 Å². The van der Waals surface area contributed by atoms with Crippen molar-refractivity contribution in [3.8, 4) is 0 Å². The summed E-state index contributed by atoms with van der Waals surface area (Å²) in [6, 6.07) is 0. The minimum Gasteiger partial charge on any atom is -0.469 e. The van der Waals surface area contributed by atoms with E-state index >= 15 is 0 Å². The third-order valence-electron chi connectivity index (χ3n) is 2.05. The second kappa shape index (κ2) is 3.69. The van der Waals surface area contributed by atoms with E-state index in [-0.39, 0.29) is 5.97 Å². The first-order chi connectivity index (χ1) is 6.47. The van der Waals surface area contributed by atoms with Gasteiger partial charge in [-0.05, 0) is 13.8 Å². The standard InChI is InChI=1S/C9H15N3O2/c1-9(2,7(13)14-3)6-12-5-4-11-8(12)10/h4-5H,6H2,1-3H3,(H2,10,11). The maximum Gasteiger partial charge on any atom is 0.313 e. The van der Waals surface area contributed by atoms with Crippen LogP contribution in [0.25, 0.3) is 0 Å². The maximum atomic E-state index is 11.4. The van der Waals surface area contributed by atoms with Gasteiger partial charge in [0.1, 0.15) is 0 Å². The number of hydrogen-bond acceptors (Lipinski definition) is 4. The van der Waals surface area contributed by atoms with Gasteiger partial charge in [-0.2, -0.15) is 0 Å². The SMILES string of the molecule is COC(=O)C(C)(C)Cn1ccnc1N. The van der Waals surface area contributed by atoms with E-state index in [9.17, 15) is 4.79 Å². The number of carbonyl (C=O) groups is 1. The molecule has 1 aromatic rings. The van der Waals surface area contributed by atoms with Crippen molar-refractivity contribution >= 4 is 11.9 Å². The summed E-state index contributed by atoms with van der Waals surface area (Å²) in [5.41, 5.74) is 5.00. The fraction of sp³-hybridized carbons (Fsp3) is 0.556. The lowest BCUT2D eigenvalue weighted by Crippen LogP contribution is -2.30. The van der Waals surface area contributed by atoms with E-state index in [4.69, 9.17) is 10.5 Å². The van der Waals surface area contributed by atoms with Crippen molar-refractivity contribution in [3.63, 3.8) is 0 Å². The molecule has 0 spiro atoms. The molecule has 1 rings (SSSR count). The van der Waals surface area contributed by atoms with Crippen molar-refractivity contribution in [2.75, 3.05) is 12.8 Å². The molecular formula is C9H15N3O2. The van der Waals surface area contributed by atoms with Crippen LogP contribution in [0.5, 0.6) is 0 Å². The summed E-state index contributed by atoms with van der Waals surface area (Å²) in [7, 11) is 1.38. The van der Waals surface area contributed by atoms with Gasteiger partial charge in [-0.1, -0.05) is 0 Å². The zero-order valence-corrected chi connectivity index (χ0v) is 8.65. The molecule has 2 N–H and O–H groups in total. The molecule has 0 aliphatic heterocycles. The Morgan fingerprint density at radius 2 is 2.36 bits per heavy atom. The summed E-state index contributed by atoms with van der Waals surface area (Å²) >= 11 is 0. The molecule has 0 radical (unpaired) electrons. The maximum absolute atomic E-state index is 11.4. The number of hydrogen-bond donors (Lipinski definition) is 1. The summed E-state index contributed by atoms with van der Waals surface area (Å²) in [5.74, 6) is 0.146. The predicted molar refractivity (Wildman–Crippen MR) is 52.4 cm³/mol. The molecule has 0 aromatic carbocycles. The van der Waals surface area contributed by atoms with Gasteiger partial charge in [0.05, 0.1) is 12.5 Å². The molecule has 0 fully saturated rings. The lowest BCUT2D eigenvalue weighted by molar-refractivity contribution is -0.151. The molecule has 14 heavy (non-hydrogen) atoms. The van der Waals surface area contributed by atoms with E-state index in [1.165, 1.54) is 7.11 Å². The van der Waals surface area contributed by atoms with Crippen LogP contribution in [0.15, 0.2) is 12.4 Å². The highest BCUT2D eigenvalue weighted by atomic mass is 16.5. The van der Waals surface area contributed by atoms with Crippen LogP contribution in [-0.2, 0) is 16.1 Å². The molecule has 5 heteroatoms. The van der Waals surface area contributed by atoms with Gasteiger partial charge in [0, 0.05) is 18.9 Å². The minimum absolute atomic E-state index is 0.259. The Balaban J connectivity index is 2.78. The molecular weight excluding hydrogens is 182 g/mol. The summed E-state index contributed by atoms with van der Waals surface area (Å²) in [5, 5.41) is 0. The Kier molecular flexibility index (Phi) is 2.78. The molecule has 0 aliphatic carbocycles. The number of esters is 1. The number of anilines is 1. The quantitative estimate of drug-likeness (QED) is 0.723. The van der Waals surface area contributed by atoms with Crippen LogP contribution in [0, 0.1) is 5.41 Å². The molecule has 0 saturated carbocycles. The Bertz CT molecular complexity index is 331. The van der Waals surface area contributed by atoms with Gasteiger partial charge in [0.15, 0.2) is 5.95 Å². The Morgan fingerprint density at radius 1 is 1.71 bits per heavy atom. The molecule has 0 saturated heterocycles. The highest BCUT2D eigenvalue weighted by molar-refractivity contribution is 5.75. The van der Waals surface area contributed by atoms with Crippen molar-refractivity contribution in [3.05, 3.63) is 12.4 Å². The smallest absolute Gasteiger partial charge is 0.313 e. The fourth-order valence-electron chi connectivity index (χ4n) is 1.24. The second-order valence-electron chi connectivity index (χ2n) is 3.79. The summed E-state index contributed by atoms with van der Waals surface area (Å²) in [6.07, 6.45) is 3.34. The van der Waals surface area contributed by atoms with Gasteiger partial charge in [-0.3, -0.25) is 4.79 Å². The molecule has 5 nitrogen and oxygen atoms in total. The Hall–Kier alpha value is -1.52. The van der Waals surface area contributed by atoms with Gasteiger partial charge in [-0.25, -0.2) is 4.98 Å². The third kappa shape index (κ3) is 2.04. The highest BCUT2D eigenvalue weighted by Gasteiger charge is 2.29. The minimum atomic E-state index is -0.594. The van der Waals surface area contributed by atoms with Crippen molar-refractivity contribution in [1.29, 1.82) is 0 Å². The van der Waals surface area contributed by atoms with E-state index in [0.29, 0.717) is 12.5 Å². The number of carbonyl (C=O) groups excluding carboxylic acids is 1. The predicted octanol–water partition coefficient (Wildman–Crippen LogP) is 0.664. The lowest BCUT2D eigenvalue weighted by Gasteiger charge is -2.22. The monoisotopic (exact) mass is 197 g/mol. The number of ether oxygens (including phenoxy) is 1. The number of nitrogens with zero attached hydrogens (tertiary/aromatic N) is 2. The van der Waals surface area contributed by atoms with Crippen molar-refractivity contribution in [2.24, 2.45) is 5.41 Å². The lowest BCUT2D eigenvalue weighted by atomic mass is 9.94. The van der Waals surface area contributed by atoms with Gasteiger partial charge in [-0.15, -0.1) is 0 Å². The Morgan fingerprint density at radius 3 is 2.79 bits per heavy atom. The summed E-state index contributed by atoms with van der Waals surface area (Å²) in [6.45, 7) is 4.07.